The molecule has 0 radical (unpaired) electrons. The van der Waals surface area contributed by atoms with E-state index in [4.69, 9.17) is 14.9 Å². The van der Waals surface area contributed by atoms with Crippen molar-refractivity contribution < 1.29 is 19.7 Å². The first-order chi connectivity index (χ1) is 13.6. The topological polar surface area (TPSA) is 55.8 Å². The van der Waals surface area contributed by atoms with Crippen LogP contribution in [0.15, 0.2) is 65.8 Å². The number of rotatable bonds is 9. The summed E-state index contributed by atoms with van der Waals surface area (Å²) in [5.41, 5.74) is 2.81. The highest BCUT2D eigenvalue weighted by Crippen LogP contribution is 2.41. The zero-order chi connectivity index (χ0) is 21.5. The lowest BCUT2D eigenvalue weighted by Gasteiger charge is -2.25. The van der Waals surface area contributed by atoms with Gasteiger partial charge >= 0.3 is 5.97 Å². The molecule has 0 unspecified atom stereocenters. The van der Waals surface area contributed by atoms with Gasteiger partial charge in [0, 0.05) is 12.5 Å². The first-order valence-corrected chi connectivity index (χ1v) is 10.3. The van der Waals surface area contributed by atoms with Crippen LogP contribution in [0.4, 0.5) is 0 Å². The molecule has 1 N–H and O–H groups in total. The Bertz CT molecular complexity index is 777. The summed E-state index contributed by atoms with van der Waals surface area (Å²) in [7, 11) is 0. The van der Waals surface area contributed by atoms with E-state index in [2.05, 4.69) is 57.2 Å². The van der Waals surface area contributed by atoms with E-state index in [9.17, 15) is 4.79 Å². The van der Waals surface area contributed by atoms with Crippen molar-refractivity contribution in [1.82, 2.24) is 0 Å². The van der Waals surface area contributed by atoms with E-state index in [0.717, 1.165) is 25.3 Å². The number of carboxylic acids is 1. The van der Waals surface area contributed by atoms with E-state index < -0.39 is 17.2 Å². The second-order valence-corrected chi connectivity index (χ2v) is 8.92. The molecule has 1 aliphatic heterocycles. The Labute approximate surface area is 174 Å². The predicted molar refractivity (Wildman–Crippen MR) is 116 cm³/mol. The quantitative estimate of drug-likeness (QED) is 0.313. The highest BCUT2D eigenvalue weighted by Gasteiger charge is 2.45. The standard InChI is InChI=1S/C25H34O4/c1-19(11-12-22-9-7-6-8-10-22)15-20(2)16-21(3)17-25(5)18-24(4,28-29-25)14-13-23(26)27/h6-11,13-15,21H,12,16-18H2,1-5H3,(H,26,27)/b14-13+,19-11+,20-15+/t21-,24-,25+/m1/s1. The van der Waals surface area contributed by atoms with E-state index >= 15 is 0 Å². The third-order valence-corrected chi connectivity index (χ3v) is 5.16. The maximum Gasteiger partial charge on any atom is 0.328 e. The van der Waals surface area contributed by atoms with Crippen molar-refractivity contribution in [3.63, 3.8) is 0 Å². The van der Waals surface area contributed by atoms with E-state index in [0.29, 0.717) is 12.3 Å². The number of carbonyl (C=O) groups is 1. The highest BCUT2D eigenvalue weighted by molar-refractivity contribution is 5.79. The van der Waals surface area contributed by atoms with E-state index in [1.165, 1.54) is 16.7 Å². The van der Waals surface area contributed by atoms with E-state index in [-0.39, 0.29) is 0 Å². The summed E-state index contributed by atoms with van der Waals surface area (Å²) in [4.78, 5) is 21.9. The fraction of sp³-hybridized carbons (Fsp3) is 0.480. The molecule has 0 aliphatic carbocycles. The number of aliphatic carboxylic acids is 1. The van der Waals surface area contributed by atoms with Gasteiger partial charge in [0.15, 0.2) is 0 Å². The molecule has 0 saturated carbocycles. The molecule has 1 aromatic rings. The normalized spacial score (nSPS) is 26.8. The van der Waals surface area contributed by atoms with Crippen molar-refractivity contribution in [3.8, 4) is 0 Å². The summed E-state index contributed by atoms with van der Waals surface area (Å²) < 4.78 is 0. The van der Waals surface area contributed by atoms with Gasteiger partial charge in [0.2, 0.25) is 0 Å². The summed E-state index contributed by atoms with van der Waals surface area (Å²) >= 11 is 0. The molecule has 0 amide bonds. The molecule has 1 fully saturated rings. The number of hydrogen-bond donors (Lipinski definition) is 1. The number of hydrogen-bond acceptors (Lipinski definition) is 3. The predicted octanol–water partition coefficient (Wildman–Crippen LogP) is 6.05. The second kappa shape index (κ2) is 10.0. The monoisotopic (exact) mass is 398 g/mol. The minimum Gasteiger partial charge on any atom is -0.478 e. The van der Waals surface area contributed by atoms with Gasteiger partial charge in [-0.1, -0.05) is 60.6 Å². The van der Waals surface area contributed by atoms with Gasteiger partial charge in [-0.25, -0.2) is 14.6 Å². The molecule has 158 valence electrons. The molecule has 4 heteroatoms. The molecule has 2 rings (SSSR count). The van der Waals surface area contributed by atoms with Crippen molar-refractivity contribution in [2.24, 2.45) is 5.92 Å². The SMILES string of the molecule is CC(=C\Cc1ccccc1)/C=C(\C)C[C@@H](C)C[C@@]1(C)C[C@@](C)(/C=C/C(=O)O)OO1. The Balaban J connectivity index is 1.88. The van der Waals surface area contributed by atoms with Crippen LogP contribution in [-0.4, -0.2) is 22.3 Å². The maximum absolute atomic E-state index is 10.8. The third kappa shape index (κ3) is 8.00. The first-order valence-electron chi connectivity index (χ1n) is 10.3. The highest BCUT2D eigenvalue weighted by atomic mass is 17.2. The lowest BCUT2D eigenvalue weighted by Crippen LogP contribution is -2.29. The van der Waals surface area contributed by atoms with Crippen molar-refractivity contribution in [2.45, 2.75) is 71.5 Å². The molecule has 1 saturated heterocycles. The van der Waals surface area contributed by atoms with Gasteiger partial charge in [-0.2, -0.15) is 0 Å². The van der Waals surface area contributed by atoms with Crippen LogP contribution in [0, 0.1) is 5.92 Å². The van der Waals surface area contributed by atoms with Gasteiger partial charge in [0.05, 0.1) is 0 Å². The van der Waals surface area contributed by atoms with Gasteiger partial charge < -0.3 is 5.11 Å². The Kier molecular flexibility index (Phi) is 8.00. The van der Waals surface area contributed by atoms with Gasteiger partial charge in [-0.05, 0) is 64.5 Å². The van der Waals surface area contributed by atoms with Gasteiger partial charge in [0.25, 0.3) is 0 Å². The smallest absolute Gasteiger partial charge is 0.328 e. The second-order valence-electron chi connectivity index (χ2n) is 8.92. The maximum atomic E-state index is 10.8. The van der Waals surface area contributed by atoms with Gasteiger partial charge in [-0.3, -0.25) is 0 Å². The Hall–Kier alpha value is -2.17. The Morgan fingerprint density at radius 2 is 1.90 bits per heavy atom. The molecule has 1 heterocycles. The fourth-order valence-electron chi connectivity index (χ4n) is 4.20. The molecular weight excluding hydrogens is 364 g/mol. The zero-order valence-corrected chi connectivity index (χ0v) is 18.3. The van der Waals surface area contributed by atoms with Crippen LogP contribution in [0.2, 0.25) is 0 Å². The van der Waals surface area contributed by atoms with E-state index in [1.807, 2.05) is 19.9 Å². The van der Waals surface area contributed by atoms with Crippen LogP contribution in [-0.2, 0) is 21.0 Å². The summed E-state index contributed by atoms with van der Waals surface area (Å²) in [5, 5.41) is 8.84. The number of carboxylic acid groups (broad SMARTS) is 1. The van der Waals surface area contributed by atoms with Crippen LogP contribution in [0.1, 0.15) is 59.4 Å². The van der Waals surface area contributed by atoms with Crippen LogP contribution in [0.3, 0.4) is 0 Å². The van der Waals surface area contributed by atoms with Crippen LogP contribution < -0.4 is 0 Å². The average Bonchev–Trinajstić information content (AvgIpc) is 2.94. The Morgan fingerprint density at radius 1 is 1.21 bits per heavy atom. The molecule has 0 spiro atoms. The lowest BCUT2D eigenvalue weighted by atomic mass is 9.82. The van der Waals surface area contributed by atoms with Crippen molar-refractivity contribution in [2.75, 3.05) is 0 Å². The summed E-state index contributed by atoms with van der Waals surface area (Å²) in [5.74, 6) is -0.555. The molecule has 1 aliphatic rings. The number of benzene rings is 1. The van der Waals surface area contributed by atoms with Crippen LogP contribution in [0.5, 0.6) is 0 Å². The molecule has 0 aromatic heterocycles. The zero-order valence-electron chi connectivity index (χ0n) is 18.3. The van der Waals surface area contributed by atoms with Gasteiger partial charge in [-0.15, -0.1) is 0 Å². The molecule has 4 nitrogen and oxygen atoms in total. The Morgan fingerprint density at radius 3 is 2.55 bits per heavy atom. The van der Waals surface area contributed by atoms with Crippen molar-refractivity contribution in [1.29, 1.82) is 0 Å². The summed E-state index contributed by atoms with van der Waals surface area (Å²) in [6, 6.07) is 10.5. The largest absolute Gasteiger partial charge is 0.478 e. The molecule has 0 bridgehead atoms. The molecule has 1 aromatic carbocycles. The fourth-order valence-corrected chi connectivity index (χ4v) is 4.20. The van der Waals surface area contributed by atoms with Crippen LogP contribution in [0.25, 0.3) is 0 Å². The average molecular weight is 399 g/mol. The third-order valence-electron chi connectivity index (χ3n) is 5.16. The summed E-state index contributed by atoms with van der Waals surface area (Å²) in [6.45, 7) is 10.4. The summed E-state index contributed by atoms with van der Waals surface area (Å²) in [6.07, 6.45) is 10.6. The van der Waals surface area contributed by atoms with Gasteiger partial charge in [0.1, 0.15) is 11.2 Å². The lowest BCUT2D eigenvalue weighted by molar-refractivity contribution is -0.337. The number of allylic oxidation sites excluding steroid dienone is 4. The van der Waals surface area contributed by atoms with Crippen LogP contribution >= 0.6 is 0 Å². The van der Waals surface area contributed by atoms with E-state index in [1.54, 1.807) is 6.08 Å². The molecular formula is C25H34O4. The minimum absolute atomic E-state index is 0.421. The van der Waals surface area contributed by atoms with Crippen molar-refractivity contribution >= 4 is 5.97 Å². The molecule has 3 atom stereocenters. The molecule has 29 heavy (non-hydrogen) atoms. The first kappa shape index (κ1) is 23.1. The minimum atomic E-state index is -0.978. The van der Waals surface area contributed by atoms with Crippen molar-refractivity contribution in [3.05, 3.63) is 71.3 Å².